The van der Waals surface area contributed by atoms with Gasteiger partial charge in [-0.25, -0.2) is 0 Å². The van der Waals surface area contributed by atoms with Crippen molar-refractivity contribution in [2.75, 3.05) is 4.90 Å². The summed E-state index contributed by atoms with van der Waals surface area (Å²) in [6, 6.07) is 78.8. The Bertz CT molecular complexity index is 2890. The van der Waals surface area contributed by atoms with Gasteiger partial charge in [0.2, 0.25) is 0 Å². The summed E-state index contributed by atoms with van der Waals surface area (Å²) < 4.78 is 2.40. The Morgan fingerprint density at radius 1 is 0.333 bits per heavy atom. The van der Waals surface area contributed by atoms with E-state index in [2.05, 4.69) is 228 Å². The van der Waals surface area contributed by atoms with Crippen molar-refractivity contribution in [2.45, 2.75) is 0 Å². The van der Waals surface area contributed by atoms with Crippen molar-refractivity contribution in [3.8, 4) is 39.1 Å². The third-order valence-electron chi connectivity index (χ3n) is 10.6. The summed E-state index contributed by atoms with van der Waals surface area (Å²) >= 11 is 0. The van der Waals surface area contributed by atoms with Crippen molar-refractivity contribution < 1.29 is 0 Å². The van der Waals surface area contributed by atoms with Crippen molar-refractivity contribution in [3.63, 3.8) is 0 Å². The molecule has 0 atom stereocenters. The highest BCUT2D eigenvalue weighted by atomic mass is 15.1. The number of para-hydroxylation sites is 2. The lowest BCUT2D eigenvalue weighted by molar-refractivity contribution is 1.18. The molecule has 0 amide bonds. The normalized spacial score (nSPS) is 11.3. The van der Waals surface area contributed by atoms with E-state index in [9.17, 15) is 0 Å². The van der Waals surface area contributed by atoms with Crippen LogP contribution in [0.25, 0.3) is 71.6 Å². The van der Waals surface area contributed by atoms with E-state index in [1.165, 1.54) is 66.0 Å². The molecule has 254 valence electrons. The summed E-state index contributed by atoms with van der Waals surface area (Å²) in [5, 5.41) is 5.06. The molecule has 0 radical (unpaired) electrons. The Balaban J connectivity index is 1.10. The minimum Gasteiger partial charge on any atom is -0.310 e. The number of hydrogen-bond acceptors (Lipinski definition) is 1. The van der Waals surface area contributed by atoms with E-state index in [-0.39, 0.29) is 0 Å². The first kappa shape index (κ1) is 31.6. The molecule has 0 aliphatic rings. The molecule has 1 aromatic heterocycles. The lowest BCUT2D eigenvalue weighted by Gasteiger charge is -2.28. The molecule has 0 aliphatic heterocycles. The topological polar surface area (TPSA) is 8.17 Å². The molecule has 0 unspecified atom stereocenters. The molecule has 0 saturated heterocycles. The summed E-state index contributed by atoms with van der Waals surface area (Å²) in [6.45, 7) is 0. The van der Waals surface area contributed by atoms with Gasteiger partial charge in [-0.15, -0.1) is 0 Å². The number of hydrogen-bond donors (Lipinski definition) is 0. The molecule has 10 aromatic rings. The van der Waals surface area contributed by atoms with Crippen LogP contribution in [0, 0.1) is 0 Å². The minimum atomic E-state index is 1.10. The van der Waals surface area contributed by atoms with Crippen LogP contribution < -0.4 is 4.90 Å². The van der Waals surface area contributed by atoms with Crippen LogP contribution in [0.15, 0.2) is 218 Å². The van der Waals surface area contributed by atoms with E-state index >= 15 is 0 Å². The van der Waals surface area contributed by atoms with Gasteiger partial charge in [0.25, 0.3) is 0 Å². The van der Waals surface area contributed by atoms with Gasteiger partial charge in [-0.3, -0.25) is 0 Å². The summed E-state index contributed by atoms with van der Waals surface area (Å²) in [6.07, 6.45) is 0. The number of fused-ring (bicyclic) bond motifs is 5. The van der Waals surface area contributed by atoms with Crippen LogP contribution in [0.4, 0.5) is 17.1 Å². The lowest BCUT2D eigenvalue weighted by atomic mass is 9.99. The van der Waals surface area contributed by atoms with Crippen LogP contribution in [0.5, 0.6) is 0 Å². The van der Waals surface area contributed by atoms with E-state index in [1.807, 2.05) is 0 Å². The predicted molar refractivity (Wildman–Crippen MR) is 229 cm³/mol. The highest BCUT2D eigenvalue weighted by Gasteiger charge is 2.19. The van der Waals surface area contributed by atoms with Gasteiger partial charge in [-0.05, 0) is 99.3 Å². The first-order chi connectivity index (χ1) is 26.8. The zero-order valence-corrected chi connectivity index (χ0v) is 29.7. The molecule has 2 nitrogen and oxygen atoms in total. The van der Waals surface area contributed by atoms with Gasteiger partial charge in [0, 0.05) is 33.4 Å². The number of aromatic nitrogens is 1. The largest absolute Gasteiger partial charge is 0.310 e. The fourth-order valence-corrected chi connectivity index (χ4v) is 8.02. The van der Waals surface area contributed by atoms with Crippen LogP contribution in [0.2, 0.25) is 0 Å². The zero-order chi connectivity index (χ0) is 35.8. The molecule has 1 heterocycles. The van der Waals surface area contributed by atoms with Crippen LogP contribution in [-0.4, -0.2) is 4.57 Å². The van der Waals surface area contributed by atoms with E-state index in [1.54, 1.807) is 0 Å². The van der Waals surface area contributed by atoms with E-state index in [0.717, 1.165) is 22.7 Å². The van der Waals surface area contributed by atoms with Crippen molar-refractivity contribution in [1.29, 1.82) is 0 Å². The van der Waals surface area contributed by atoms with E-state index < -0.39 is 0 Å². The van der Waals surface area contributed by atoms with Gasteiger partial charge >= 0.3 is 0 Å². The average Bonchev–Trinajstić information content (AvgIpc) is 3.60. The first-order valence-electron chi connectivity index (χ1n) is 18.5. The maximum absolute atomic E-state index is 2.40. The maximum Gasteiger partial charge on any atom is 0.0547 e. The van der Waals surface area contributed by atoms with Crippen molar-refractivity contribution in [2.24, 2.45) is 0 Å². The molecule has 0 saturated carbocycles. The second-order valence-electron chi connectivity index (χ2n) is 13.8. The molecule has 0 bridgehead atoms. The first-order valence-corrected chi connectivity index (χ1v) is 18.5. The Kier molecular flexibility index (Phi) is 7.85. The maximum atomic E-state index is 2.40. The van der Waals surface area contributed by atoms with Gasteiger partial charge in [0.1, 0.15) is 0 Å². The molecule has 0 spiro atoms. The SMILES string of the molecule is c1ccc(-c2ccc(N(c3ccc(-c4ccc5c(c4)c4c6ccccc6ccc4n5-c4ccccc4)cc3)c3ccccc3-c3ccccc3)cc2)cc1. The minimum absolute atomic E-state index is 1.10. The van der Waals surface area contributed by atoms with E-state index in [0.29, 0.717) is 0 Å². The molecule has 0 aliphatic carbocycles. The molecule has 10 rings (SSSR count). The molecule has 0 N–H and O–H groups in total. The average molecular weight is 689 g/mol. The number of anilines is 3. The van der Waals surface area contributed by atoms with Crippen molar-refractivity contribution in [3.05, 3.63) is 218 Å². The van der Waals surface area contributed by atoms with E-state index in [4.69, 9.17) is 0 Å². The highest BCUT2D eigenvalue weighted by Crippen LogP contribution is 2.43. The molecule has 54 heavy (non-hydrogen) atoms. The Morgan fingerprint density at radius 2 is 0.852 bits per heavy atom. The standard InChI is InChI=1S/C52H36N2/c1-4-14-37(15-5-1)38-24-30-44(31-25-38)53(49-23-13-12-21-46(49)40-16-6-2-7-17-40)45-32-26-39(27-33-45)42-29-34-50-48(36-42)52-47-22-11-10-18-41(47)28-35-51(52)54(50)43-19-8-3-9-20-43/h1-36H. The number of rotatable bonds is 7. The molecular weight excluding hydrogens is 653 g/mol. The van der Waals surface area contributed by atoms with Crippen molar-refractivity contribution >= 4 is 49.6 Å². The Morgan fingerprint density at radius 3 is 1.56 bits per heavy atom. The van der Waals surface area contributed by atoms with Crippen LogP contribution in [-0.2, 0) is 0 Å². The summed E-state index contributed by atoms with van der Waals surface area (Å²) in [4.78, 5) is 2.38. The zero-order valence-electron chi connectivity index (χ0n) is 29.7. The van der Waals surface area contributed by atoms with Crippen LogP contribution in [0.3, 0.4) is 0 Å². The van der Waals surface area contributed by atoms with Gasteiger partial charge in [-0.1, -0.05) is 158 Å². The third-order valence-corrected chi connectivity index (χ3v) is 10.6. The van der Waals surface area contributed by atoms with Gasteiger partial charge in [-0.2, -0.15) is 0 Å². The predicted octanol–water partition coefficient (Wildman–Crippen LogP) is 14.4. The quantitative estimate of drug-likeness (QED) is 0.162. The number of nitrogens with zero attached hydrogens (tertiary/aromatic N) is 2. The fraction of sp³-hybridized carbons (Fsp3) is 0. The summed E-state index contributed by atoms with van der Waals surface area (Å²) in [5.74, 6) is 0. The van der Waals surface area contributed by atoms with Gasteiger partial charge < -0.3 is 9.47 Å². The fourth-order valence-electron chi connectivity index (χ4n) is 8.02. The molecule has 2 heteroatoms. The summed E-state index contributed by atoms with van der Waals surface area (Å²) in [5.41, 5.74) is 14.1. The lowest BCUT2D eigenvalue weighted by Crippen LogP contribution is -2.11. The second kappa shape index (κ2) is 13.4. The van der Waals surface area contributed by atoms with Crippen molar-refractivity contribution in [1.82, 2.24) is 4.57 Å². The third kappa shape index (κ3) is 5.53. The van der Waals surface area contributed by atoms with Crippen LogP contribution in [0.1, 0.15) is 0 Å². The second-order valence-corrected chi connectivity index (χ2v) is 13.8. The molecule has 0 fully saturated rings. The molecule has 9 aromatic carbocycles. The smallest absolute Gasteiger partial charge is 0.0547 e. The molecular formula is C52H36N2. The Labute approximate surface area is 315 Å². The van der Waals surface area contributed by atoms with Gasteiger partial charge in [0.05, 0.1) is 16.7 Å². The summed E-state index contributed by atoms with van der Waals surface area (Å²) in [7, 11) is 0. The van der Waals surface area contributed by atoms with Gasteiger partial charge in [0.15, 0.2) is 0 Å². The number of benzene rings is 9. The highest BCUT2D eigenvalue weighted by molar-refractivity contribution is 6.21. The Hall–Kier alpha value is -7.16. The monoisotopic (exact) mass is 688 g/mol. The van der Waals surface area contributed by atoms with Crippen LogP contribution >= 0.6 is 0 Å².